The van der Waals surface area contributed by atoms with Gasteiger partial charge in [-0.1, -0.05) is 35.5 Å². The molecule has 2 heterocycles. The lowest BCUT2D eigenvalue weighted by molar-refractivity contribution is 0.235. The van der Waals surface area contributed by atoms with Crippen molar-refractivity contribution in [2.75, 3.05) is 20.1 Å². The predicted octanol–water partition coefficient (Wildman–Crippen LogP) is 2.53. The molecule has 2 aromatic rings. The number of likely N-dealkylation sites (tertiary alicyclic amines) is 1. The summed E-state index contributed by atoms with van der Waals surface area (Å²) >= 11 is 0. The Hall–Kier alpha value is -1.65. The van der Waals surface area contributed by atoms with E-state index in [1.54, 1.807) is 0 Å². The summed E-state index contributed by atoms with van der Waals surface area (Å²) in [6, 6.07) is 12.8. The molecule has 0 aliphatic carbocycles. The van der Waals surface area contributed by atoms with Crippen LogP contribution < -0.4 is 5.32 Å². The smallest absolute Gasteiger partial charge is 0.167 e. The Bertz CT molecular complexity index is 538. The van der Waals surface area contributed by atoms with E-state index in [2.05, 4.69) is 21.4 Å². The molecule has 0 amide bonds. The van der Waals surface area contributed by atoms with Gasteiger partial charge in [-0.3, -0.25) is 4.90 Å². The maximum atomic E-state index is 5.46. The average molecular weight is 271 g/mol. The first-order chi connectivity index (χ1) is 9.86. The molecule has 0 spiro atoms. The normalized spacial score (nSPS) is 19.6. The molecule has 4 heteroatoms. The third kappa shape index (κ3) is 2.92. The highest BCUT2D eigenvalue weighted by atomic mass is 16.5. The lowest BCUT2D eigenvalue weighted by atomic mass is 10.1. The van der Waals surface area contributed by atoms with Crippen LogP contribution in [0.3, 0.4) is 0 Å². The number of nitrogens with zero attached hydrogens (tertiary/aromatic N) is 2. The molecule has 1 aliphatic heterocycles. The standard InChI is InChI=1S/C16H21N3O/c1-17-11-15-8-5-9-19(15)12-14-10-16(20-18-14)13-6-3-2-4-7-13/h2-4,6-7,10,15,17H,5,8-9,11-12H2,1H3. The number of benzene rings is 1. The zero-order valence-electron chi connectivity index (χ0n) is 11.9. The minimum atomic E-state index is 0.622. The summed E-state index contributed by atoms with van der Waals surface area (Å²) in [7, 11) is 2.01. The van der Waals surface area contributed by atoms with Gasteiger partial charge in [0, 0.05) is 30.8 Å². The Labute approximate surface area is 119 Å². The van der Waals surface area contributed by atoms with Gasteiger partial charge in [-0.25, -0.2) is 0 Å². The van der Waals surface area contributed by atoms with Gasteiger partial charge in [0.05, 0.1) is 5.69 Å². The van der Waals surface area contributed by atoms with Gasteiger partial charge in [0.25, 0.3) is 0 Å². The molecule has 1 atom stereocenters. The molecule has 1 saturated heterocycles. The van der Waals surface area contributed by atoms with Crippen molar-refractivity contribution >= 4 is 0 Å². The largest absolute Gasteiger partial charge is 0.356 e. The summed E-state index contributed by atoms with van der Waals surface area (Å²) in [5.41, 5.74) is 2.10. The van der Waals surface area contributed by atoms with Gasteiger partial charge in [0.15, 0.2) is 5.76 Å². The molecule has 1 unspecified atom stereocenters. The minimum absolute atomic E-state index is 0.622. The quantitative estimate of drug-likeness (QED) is 0.907. The summed E-state index contributed by atoms with van der Waals surface area (Å²) in [5.74, 6) is 0.852. The minimum Gasteiger partial charge on any atom is -0.356 e. The third-order valence-corrected chi connectivity index (χ3v) is 3.92. The molecule has 3 rings (SSSR count). The second-order valence-electron chi connectivity index (χ2n) is 5.37. The van der Waals surface area contributed by atoms with Gasteiger partial charge in [0.2, 0.25) is 0 Å². The zero-order valence-corrected chi connectivity index (χ0v) is 11.9. The molecule has 1 fully saturated rings. The van der Waals surface area contributed by atoms with Gasteiger partial charge >= 0.3 is 0 Å². The lowest BCUT2D eigenvalue weighted by Gasteiger charge is -2.22. The summed E-state index contributed by atoms with van der Waals surface area (Å²) in [6.45, 7) is 3.08. The van der Waals surface area contributed by atoms with E-state index in [0.29, 0.717) is 6.04 Å². The van der Waals surface area contributed by atoms with E-state index < -0.39 is 0 Å². The van der Waals surface area contributed by atoms with Crippen molar-refractivity contribution in [3.05, 3.63) is 42.1 Å². The summed E-state index contributed by atoms with van der Waals surface area (Å²) < 4.78 is 5.46. The van der Waals surface area contributed by atoms with Crippen LogP contribution in [0.5, 0.6) is 0 Å². The van der Waals surface area contributed by atoms with E-state index in [0.717, 1.165) is 36.7 Å². The first-order valence-corrected chi connectivity index (χ1v) is 7.26. The molecule has 1 N–H and O–H groups in total. The summed E-state index contributed by atoms with van der Waals surface area (Å²) in [6.07, 6.45) is 2.54. The Morgan fingerprint density at radius 2 is 2.20 bits per heavy atom. The van der Waals surface area contributed by atoms with Gasteiger partial charge in [-0.15, -0.1) is 0 Å². The molecule has 4 nitrogen and oxygen atoms in total. The van der Waals surface area contributed by atoms with Crippen LogP contribution in [0.25, 0.3) is 11.3 Å². The second kappa shape index (κ2) is 6.20. The highest BCUT2D eigenvalue weighted by Crippen LogP contribution is 2.23. The molecule has 0 radical (unpaired) electrons. The first kappa shape index (κ1) is 13.3. The highest BCUT2D eigenvalue weighted by Gasteiger charge is 2.24. The van der Waals surface area contributed by atoms with Gasteiger partial charge in [0.1, 0.15) is 0 Å². The van der Waals surface area contributed by atoms with Crippen LogP contribution in [0.1, 0.15) is 18.5 Å². The number of nitrogens with one attached hydrogen (secondary N) is 1. The Morgan fingerprint density at radius 1 is 1.35 bits per heavy atom. The van der Waals surface area contributed by atoms with Crippen LogP contribution in [-0.2, 0) is 6.54 Å². The van der Waals surface area contributed by atoms with Gasteiger partial charge < -0.3 is 9.84 Å². The number of hydrogen-bond donors (Lipinski definition) is 1. The van der Waals surface area contributed by atoms with Crippen LogP contribution >= 0.6 is 0 Å². The molecule has 0 bridgehead atoms. The van der Waals surface area contributed by atoms with E-state index in [4.69, 9.17) is 4.52 Å². The molecule has 20 heavy (non-hydrogen) atoms. The molecule has 0 saturated carbocycles. The fourth-order valence-electron chi connectivity index (χ4n) is 2.90. The van der Waals surface area contributed by atoms with E-state index in [1.165, 1.54) is 12.8 Å². The van der Waals surface area contributed by atoms with Gasteiger partial charge in [-0.05, 0) is 26.4 Å². The van der Waals surface area contributed by atoms with Crippen molar-refractivity contribution in [3.63, 3.8) is 0 Å². The molecular weight excluding hydrogens is 250 g/mol. The summed E-state index contributed by atoms with van der Waals surface area (Å²) in [5, 5.41) is 7.48. The molecular formula is C16H21N3O. The second-order valence-corrected chi connectivity index (χ2v) is 5.37. The fourth-order valence-corrected chi connectivity index (χ4v) is 2.90. The Balaban J connectivity index is 1.68. The Kier molecular flexibility index (Phi) is 4.14. The van der Waals surface area contributed by atoms with Crippen molar-refractivity contribution in [2.45, 2.75) is 25.4 Å². The number of rotatable bonds is 5. The van der Waals surface area contributed by atoms with Crippen LogP contribution in [0.15, 0.2) is 40.9 Å². The first-order valence-electron chi connectivity index (χ1n) is 7.26. The van der Waals surface area contributed by atoms with Crippen LogP contribution in [0.4, 0.5) is 0 Å². The SMILES string of the molecule is CNCC1CCCN1Cc1cc(-c2ccccc2)on1. The predicted molar refractivity (Wildman–Crippen MR) is 79.3 cm³/mol. The monoisotopic (exact) mass is 271 g/mol. The van der Waals surface area contributed by atoms with Crippen molar-refractivity contribution in [1.29, 1.82) is 0 Å². The van der Waals surface area contributed by atoms with Crippen LogP contribution in [0, 0.1) is 0 Å². The molecule has 1 aliphatic rings. The fraction of sp³-hybridized carbons (Fsp3) is 0.438. The summed E-state index contributed by atoms with van der Waals surface area (Å²) in [4.78, 5) is 2.49. The Morgan fingerprint density at radius 3 is 3.00 bits per heavy atom. The zero-order chi connectivity index (χ0) is 13.8. The van der Waals surface area contributed by atoms with Crippen LogP contribution in [-0.4, -0.2) is 36.2 Å². The highest BCUT2D eigenvalue weighted by molar-refractivity contribution is 5.56. The van der Waals surface area contributed by atoms with Crippen molar-refractivity contribution in [2.24, 2.45) is 0 Å². The van der Waals surface area contributed by atoms with Crippen molar-refractivity contribution in [1.82, 2.24) is 15.4 Å². The van der Waals surface area contributed by atoms with E-state index in [1.807, 2.05) is 37.4 Å². The van der Waals surface area contributed by atoms with Gasteiger partial charge in [-0.2, -0.15) is 0 Å². The maximum absolute atomic E-state index is 5.46. The third-order valence-electron chi connectivity index (χ3n) is 3.92. The maximum Gasteiger partial charge on any atom is 0.167 e. The number of likely N-dealkylation sites (N-methyl/N-ethyl adjacent to an activating group) is 1. The average Bonchev–Trinajstić information content (AvgIpc) is 3.11. The van der Waals surface area contributed by atoms with E-state index in [9.17, 15) is 0 Å². The molecule has 106 valence electrons. The molecule has 1 aromatic carbocycles. The van der Waals surface area contributed by atoms with Crippen LogP contribution in [0.2, 0.25) is 0 Å². The number of hydrogen-bond acceptors (Lipinski definition) is 4. The van der Waals surface area contributed by atoms with E-state index >= 15 is 0 Å². The lowest BCUT2D eigenvalue weighted by Crippen LogP contribution is -2.36. The molecule has 1 aromatic heterocycles. The van der Waals surface area contributed by atoms with Crippen molar-refractivity contribution < 1.29 is 4.52 Å². The van der Waals surface area contributed by atoms with E-state index in [-0.39, 0.29) is 0 Å². The number of aromatic nitrogens is 1. The van der Waals surface area contributed by atoms with Crippen molar-refractivity contribution in [3.8, 4) is 11.3 Å². The topological polar surface area (TPSA) is 41.3 Å².